The second-order valence-corrected chi connectivity index (χ2v) is 13.4. The number of nitrogens with zero attached hydrogens (tertiary/aromatic N) is 4. The van der Waals surface area contributed by atoms with E-state index in [-0.39, 0.29) is 0 Å². The summed E-state index contributed by atoms with van der Waals surface area (Å²) in [6.45, 7) is 9.66. The van der Waals surface area contributed by atoms with Gasteiger partial charge in [0.25, 0.3) is 0 Å². The van der Waals surface area contributed by atoms with E-state index in [1.54, 1.807) is 0 Å². The molecule has 0 aromatic carbocycles. The summed E-state index contributed by atoms with van der Waals surface area (Å²) in [5, 5.41) is 0. The van der Waals surface area contributed by atoms with Crippen molar-refractivity contribution in [1.29, 1.82) is 0 Å². The van der Waals surface area contributed by atoms with Crippen LogP contribution in [0.2, 0.25) is 0 Å². The highest BCUT2D eigenvalue weighted by Crippen LogP contribution is 2.63. The Labute approximate surface area is 225 Å². The first-order chi connectivity index (χ1) is 18.3. The van der Waals surface area contributed by atoms with Crippen molar-refractivity contribution in [1.82, 2.24) is 19.9 Å². The molecule has 0 N–H and O–H groups in total. The average Bonchev–Trinajstić information content (AvgIpc) is 2.95. The Balaban J connectivity index is 1.10. The zero-order valence-corrected chi connectivity index (χ0v) is 22.7. The van der Waals surface area contributed by atoms with Gasteiger partial charge < -0.3 is 0 Å². The van der Waals surface area contributed by atoms with Crippen LogP contribution in [0.1, 0.15) is 74.6 Å². The molecule has 4 nitrogen and oxygen atoms in total. The predicted octanol–water partition coefficient (Wildman–Crippen LogP) is 7.64. The Bertz CT molecular complexity index is 1500. The summed E-state index contributed by atoms with van der Waals surface area (Å²) >= 11 is 0. The van der Waals surface area contributed by atoms with E-state index in [2.05, 4.69) is 76.5 Å². The molecule has 38 heavy (non-hydrogen) atoms. The van der Waals surface area contributed by atoms with Gasteiger partial charge in [0.05, 0.1) is 34.2 Å². The van der Waals surface area contributed by atoms with E-state index in [4.69, 9.17) is 19.9 Å². The number of hydrogen-bond acceptors (Lipinski definition) is 4. The van der Waals surface area contributed by atoms with E-state index in [9.17, 15) is 0 Å². The van der Waals surface area contributed by atoms with Crippen LogP contribution in [0.4, 0.5) is 0 Å². The summed E-state index contributed by atoms with van der Waals surface area (Å²) in [5.74, 6) is 2.88. The minimum atomic E-state index is 0.412. The molecule has 6 aliphatic carbocycles. The van der Waals surface area contributed by atoms with Crippen LogP contribution in [0.25, 0.3) is 34.2 Å². The molecule has 190 valence electrons. The lowest BCUT2D eigenvalue weighted by Crippen LogP contribution is -2.48. The third-order valence-corrected chi connectivity index (χ3v) is 11.0. The summed E-state index contributed by atoms with van der Waals surface area (Å²) in [6.07, 6.45) is 9.18. The topological polar surface area (TPSA) is 51.6 Å². The molecule has 2 fully saturated rings. The van der Waals surface area contributed by atoms with Gasteiger partial charge >= 0.3 is 0 Å². The maximum atomic E-state index is 5.01. The van der Waals surface area contributed by atoms with E-state index in [1.165, 1.54) is 35.1 Å². The fourth-order valence-corrected chi connectivity index (χ4v) is 8.03. The smallest absolute Gasteiger partial charge is 0.0894 e. The van der Waals surface area contributed by atoms with Crippen molar-refractivity contribution >= 4 is 0 Å². The lowest BCUT2D eigenvalue weighted by Gasteiger charge is -2.57. The van der Waals surface area contributed by atoms with Gasteiger partial charge in [0.15, 0.2) is 0 Å². The second-order valence-electron chi connectivity index (χ2n) is 13.4. The summed E-state index contributed by atoms with van der Waals surface area (Å²) in [5.41, 5.74) is 12.1. The largest absolute Gasteiger partial charge is 0.254 e. The first-order valence-electron chi connectivity index (χ1n) is 14.2. The minimum Gasteiger partial charge on any atom is -0.254 e. The van der Waals surface area contributed by atoms with Crippen LogP contribution < -0.4 is 0 Å². The fourth-order valence-electron chi connectivity index (χ4n) is 8.03. The van der Waals surface area contributed by atoms with Gasteiger partial charge in [0, 0.05) is 12.4 Å². The van der Waals surface area contributed by atoms with Crippen LogP contribution in [0.3, 0.4) is 0 Å². The van der Waals surface area contributed by atoms with Gasteiger partial charge in [0.2, 0.25) is 0 Å². The van der Waals surface area contributed by atoms with Crippen molar-refractivity contribution in [3.8, 4) is 34.2 Å². The molecule has 6 aliphatic rings. The molecule has 0 saturated heterocycles. The molecule has 2 saturated carbocycles. The van der Waals surface area contributed by atoms with Gasteiger partial charge in [-0.15, -0.1) is 0 Å². The number of hydrogen-bond donors (Lipinski definition) is 0. The second kappa shape index (κ2) is 7.59. The molecule has 0 unspecified atom stereocenters. The van der Waals surface area contributed by atoms with E-state index < -0.39 is 0 Å². The van der Waals surface area contributed by atoms with Crippen LogP contribution in [0.5, 0.6) is 0 Å². The number of rotatable bonds is 3. The quantitative estimate of drug-likeness (QED) is 0.291. The fraction of sp³-hybridized carbons (Fsp3) is 0.412. The SMILES string of the molecule is CC1(C)[C@H]2Cc3cc(-c4cccc(-c5cccc(-c6cc7c(cn6)[C@@H]6C[C@H](C7)C6(C)C)n5)n4)ncc3[C@@H]1C2. The van der Waals surface area contributed by atoms with Crippen molar-refractivity contribution in [2.75, 3.05) is 0 Å². The molecule has 0 spiro atoms. The summed E-state index contributed by atoms with van der Waals surface area (Å²) in [7, 11) is 0. The number of pyridine rings is 4. The lowest BCUT2D eigenvalue weighted by atomic mass is 9.47. The molecular weight excluding hydrogens is 464 g/mol. The Morgan fingerprint density at radius 3 is 1.37 bits per heavy atom. The predicted molar refractivity (Wildman–Crippen MR) is 151 cm³/mol. The van der Waals surface area contributed by atoms with Crippen LogP contribution in [0, 0.1) is 22.7 Å². The Kier molecular flexibility index (Phi) is 4.51. The van der Waals surface area contributed by atoms with Crippen molar-refractivity contribution in [2.45, 2.75) is 65.2 Å². The first kappa shape index (κ1) is 22.6. The highest BCUT2D eigenvalue weighted by Gasteiger charge is 2.53. The van der Waals surface area contributed by atoms with Crippen LogP contribution in [-0.2, 0) is 12.8 Å². The molecule has 10 rings (SSSR count). The zero-order chi connectivity index (χ0) is 25.8. The van der Waals surface area contributed by atoms with E-state index in [0.717, 1.165) is 58.8 Å². The maximum absolute atomic E-state index is 5.01. The highest BCUT2D eigenvalue weighted by molar-refractivity contribution is 5.66. The van der Waals surface area contributed by atoms with Crippen molar-refractivity contribution < 1.29 is 0 Å². The molecule has 4 aromatic rings. The Morgan fingerprint density at radius 1 is 0.579 bits per heavy atom. The summed E-state index contributed by atoms with van der Waals surface area (Å²) in [6, 6.07) is 16.9. The zero-order valence-electron chi connectivity index (χ0n) is 22.7. The molecule has 4 heteroatoms. The van der Waals surface area contributed by atoms with Gasteiger partial charge in [-0.25, -0.2) is 9.97 Å². The molecule has 0 radical (unpaired) electrons. The van der Waals surface area contributed by atoms with Gasteiger partial charge in [-0.1, -0.05) is 39.8 Å². The van der Waals surface area contributed by atoms with E-state index in [0.29, 0.717) is 22.7 Å². The molecule has 4 atom stereocenters. The average molecular weight is 499 g/mol. The molecular formula is C34H34N4. The Morgan fingerprint density at radius 2 is 0.974 bits per heavy atom. The van der Waals surface area contributed by atoms with Crippen molar-refractivity contribution in [2.24, 2.45) is 22.7 Å². The Hall–Kier alpha value is -3.40. The third kappa shape index (κ3) is 3.09. The minimum absolute atomic E-state index is 0.412. The molecule has 0 aliphatic heterocycles. The van der Waals surface area contributed by atoms with Gasteiger partial charge in [0.1, 0.15) is 0 Å². The van der Waals surface area contributed by atoms with Gasteiger partial charge in [-0.2, -0.15) is 0 Å². The normalized spacial score (nSPS) is 26.9. The van der Waals surface area contributed by atoms with Crippen molar-refractivity contribution in [3.63, 3.8) is 0 Å². The molecule has 0 amide bonds. The van der Waals surface area contributed by atoms with Gasteiger partial charge in [-0.3, -0.25) is 9.97 Å². The first-order valence-corrected chi connectivity index (χ1v) is 14.2. The van der Waals surface area contributed by atoms with Crippen molar-refractivity contribution in [3.05, 3.63) is 83.2 Å². The number of aromatic nitrogens is 4. The van der Waals surface area contributed by atoms with Gasteiger partial charge in [-0.05, 0) is 119 Å². The maximum Gasteiger partial charge on any atom is 0.0894 e. The molecule has 4 heterocycles. The highest BCUT2D eigenvalue weighted by atomic mass is 14.8. The molecule has 4 aromatic heterocycles. The summed E-state index contributed by atoms with van der Waals surface area (Å²) in [4.78, 5) is 19.8. The third-order valence-electron chi connectivity index (χ3n) is 11.0. The monoisotopic (exact) mass is 498 g/mol. The standard InChI is InChI=1S/C34H34N4/c1-33(2)21-11-19-13-31(35-17-23(19)25(33)15-21)29-9-5-7-27(37-29)28-8-6-10-30(38-28)32-14-20-12-22-16-26(34(22,3)4)24(20)18-36-32/h5-10,13-14,17-18,21-22,25-26H,11-12,15-16H2,1-4H3/t21-,22-,25-,26-/m0/s1. The van der Waals surface area contributed by atoms with E-state index in [1.807, 2.05) is 12.1 Å². The van der Waals surface area contributed by atoms with Crippen LogP contribution >= 0.6 is 0 Å². The van der Waals surface area contributed by atoms with E-state index >= 15 is 0 Å². The van der Waals surface area contributed by atoms with Crippen LogP contribution in [-0.4, -0.2) is 19.9 Å². The summed E-state index contributed by atoms with van der Waals surface area (Å²) < 4.78 is 0. The molecule has 4 bridgehead atoms. The lowest BCUT2D eigenvalue weighted by molar-refractivity contribution is 0.0183. The van der Waals surface area contributed by atoms with Crippen LogP contribution in [0.15, 0.2) is 60.9 Å².